The number of carbonyl (C=O) groups is 1. The maximum atomic E-state index is 15.6. The first-order valence-electron chi connectivity index (χ1n) is 10.6. The van der Waals surface area contributed by atoms with E-state index in [2.05, 4.69) is 42.8 Å². The van der Waals surface area contributed by atoms with E-state index in [4.69, 9.17) is 0 Å². The summed E-state index contributed by atoms with van der Waals surface area (Å²) in [7, 11) is 0. The van der Waals surface area contributed by atoms with Crippen molar-refractivity contribution in [3.63, 3.8) is 0 Å². The number of H-pyrrole nitrogens is 1. The summed E-state index contributed by atoms with van der Waals surface area (Å²) in [6, 6.07) is 12.5. The van der Waals surface area contributed by atoms with Crippen LogP contribution < -0.4 is 4.90 Å². The van der Waals surface area contributed by atoms with Gasteiger partial charge in [-0.05, 0) is 90.7 Å². The number of fused-ring (bicyclic) bond motifs is 1. The van der Waals surface area contributed by atoms with E-state index >= 15 is 4.39 Å². The number of β-lactam (4-membered cyclic amide) rings is 1. The van der Waals surface area contributed by atoms with Crippen LogP contribution in [0.5, 0.6) is 0 Å². The van der Waals surface area contributed by atoms with E-state index in [1.54, 1.807) is 11.2 Å². The second-order valence-corrected chi connectivity index (χ2v) is 9.70. The summed E-state index contributed by atoms with van der Waals surface area (Å²) in [5, 5.41) is 8.29. The van der Waals surface area contributed by atoms with Crippen LogP contribution in [0.25, 0.3) is 22.3 Å². The Bertz CT molecular complexity index is 1340. The normalized spacial score (nSPS) is 20.6. The number of hydrogen-bond acceptors (Lipinski definition) is 4. The molecule has 32 heavy (non-hydrogen) atoms. The Morgan fingerprint density at radius 2 is 1.97 bits per heavy atom. The molecule has 0 bridgehead atoms. The number of aromatic nitrogens is 4. The third-order valence-electron chi connectivity index (χ3n) is 6.42. The minimum Gasteiger partial charge on any atom is -0.345 e. The first-order valence-corrected chi connectivity index (χ1v) is 11.6. The van der Waals surface area contributed by atoms with Gasteiger partial charge in [0.1, 0.15) is 5.82 Å². The molecule has 0 spiro atoms. The third-order valence-corrected chi connectivity index (χ3v) is 7.31. The lowest BCUT2D eigenvalue weighted by atomic mass is 9.78. The Morgan fingerprint density at radius 3 is 2.69 bits per heavy atom. The molecule has 6 nitrogen and oxygen atoms in total. The van der Waals surface area contributed by atoms with Crippen molar-refractivity contribution in [3.8, 4) is 11.3 Å². The molecule has 1 aliphatic heterocycles. The smallest absolute Gasteiger partial charge is 0.233 e. The molecule has 2 fully saturated rings. The Morgan fingerprint density at radius 1 is 1.12 bits per heavy atom. The van der Waals surface area contributed by atoms with E-state index in [0.717, 1.165) is 38.8 Å². The molecule has 160 valence electrons. The predicted molar refractivity (Wildman–Crippen MR) is 127 cm³/mol. The van der Waals surface area contributed by atoms with E-state index in [1.165, 1.54) is 6.07 Å². The number of benzene rings is 2. The molecule has 2 aromatic carbocycles. The summed E-state index contributed by atoms with van der Waals surface area (Å²) in [4.78, 5) is 22.3. The Labute approximate surface area is 197 Å². The van der Waals surface area contributed by atoms with Gasteiger partial charge < -0.3 is 9.88 Å². The second kappa shape index (κ2) is 7.33. The molecular formula is C24H19FIN5O. The number of imidazole rings is 1. The van der Waals surface area contributed by atoms with Crippen LogP contribution in [-0.4, -0.2) is 26.1 Å². The van der Waals surface area contributed by atoms with Gasteiger partial charge in [0.15, 0.2) is 0 Å². The minimum absolute atomic E-state index is 0.0695. The Hall–Kier alpha value is -2.88. The fourth-order valence-corrected chi connectivity index (χ4v) is 5.58. The van der Waals surface area contributed by atoms with E-state index in [0.29, 0.717) is 22.7 Å². The zero-order chi connectivity index (χ0) is 22.0. The van der Waals surface area contributed by atoms with E-state index in [-0.39, 0.29) is 23.7 Å². The van der Waals surface area contributed by atoms with Gasteiger partial charge in [-0.15, -0.1) is 0 Å². The summed E-state index contributed by atoms with van der Waals surface area (Å²) in [6.45, 7) is 1.87. The fraction of sp³-hybridized carbons (Fsp3) is 0.250. The first kappa shape index (κ1) is 19.8. The lowest BCUT2D eigenvalue weighted by molar-refractivity contribution is -0.131. The molecule has 6 rings (SSSR count). The fourth-order valence-electron chi connectivity index (χ4n) is 4.66. The number of nitrogens with zero attached hydrogens (tertiary/aromatic N) is 4. The molecule has 2 aliphatic rings. The monoisotopic (exact) mass is 539 g/mol. The summed E-state index contributed by atoms with van der Waals surface area (Å²) < 4.78 is 16.4. The minimum atomic E-state index is -0.319. The second-order valence-electron chi connectivity index (χ2n) is 8.53. The standard InChI is InChI=1S/C24H19FIN5O/c1-12-2-6-18(30-29-12)14-8-16(25)22(17(26)9-14)23-21(13-3-4-13)24(32)31(23)15-5-7-19-20(10-15)28-11-27-19/h2,5-11,13,21,23H,3-4H2,1H3,(H,27,28)/t21-,23-/m1/s1. The van der Waals surface area contributed by atoms with Crippen molar-refractivity contribution in [2.24, 2.45) is 11.8 Å². The van der Waals surface area contributed by atoms with Crippen molar-refractivity contribution in [2.45, 2.75) is 25.8 Å². The largest absolute Gasteiger partial charge is 0.345 e. The summed E-state index contributed by atoms with van der Waals surface area (Å²) in [5.41, 5.74) is 5.15. The molecule has 3 heterocycles. The average Bonchev–Trinajstić information content (AvgIpc) is 3.47. The SMILES string of the molecule is Cc1ccc(-c2cc(F)c([C@H]3[C@@H](C4CC4)C(=O)N3c3ccc4nc[nH]c4c3)c(I)c2)nn1. The van der Waals surface area contributed by atoms with E-state index in [1.807, 2.05) is 43.3 Å². The van der Waals surface area contributed by atoms with Crippen molar-refractivity contribution < 1.29 is 9.18 Å². The highest BCUT2D eigenvalue weighted by molar-refractivity contribution is 14.1. The van der Waals surface area contributed by atoms with Crippen molar-refractivity contribution in [2.75, 3.05) is 4.90 Å². The lowest BCUT2D eigenvalue weighted by Gasteiger charge is -2.48. The van der Waals surface area contributed by atoms with Crippen molar-refractivity contribution in [1.29, 1.82) is 0 Å². The number of amides is 1. The Balaban J connectivity index is 1.43. The molecule has 8 heteroatoms. The zero-order valence-electron chi connectivity index (χ0n) is 17.2. The van der Waals surface area contributed by atoms with Gasteiger partial charge in [-0.2, -0.15) is 10.2 Å². The summed E-state index contributed by atoms with van der Waals surface area (Å²) >= 11 is 2.18. The number of halogens is 2. The van der Waals surface area contributed by atoms with Gasteiger partial charge >= 0.3 is 0 Å². The van der Waals surface area contributed by atoms with Crippen LogP contribution >= 0.6 is 22.6 Å². The van der Waals surface area contributed by atoms with Gasteiger partial charge in [0.05, 0.1) is 40.7 Å². The molecular weight excluding hydrogens is 520 g/mol. The number of aryl methyl sites for hydroxylation is 1. The van der Waals surface area contributed by atoms with E-state index in [9.17, 15) is 4.79 Å². The quantitative estimate of drug-likeness (QED) is 0.286. The molecule has 2 atom stereocenters. The predicted octanol–water partition coefficient (Wildman–Crippen LogP) is 5.19. The third kappa shape index (κ3) is 3.11. The van der Waals surface area contributed by atoms with Crippen LogP contribution in [-0.2, 0) is 4.79 Å². The van der Waals surface area contributed by atoms with Gasteiger partial charge in [-0.1, -0.05) is 0 Å². The first-order chi connectivity index (χ1) is 15.5. The number of rotatable bonds is 4. The molecule has 1 N–H and O–H groups in total. The van der Waals surface area contributed by atoms with Crippen molar-refractivity contribution in [3.05, 3.63) is 69.4 Å². The number of aromatic amines is 1. The molecule has 1 saturated heterocycles. The molecule has 0 unspecified atom stereocenters. The Kier molecular flexibility index (Phi) is 4.53. The van der Waals surface area contributed by atoms with Crippen LogP contribution in [0.4, 0.5) is 10.1 Å². The van der Waals surface area contributed by atoms with Crippen LogP contribution in [0, 0.1) is 28.1 Å². The molecule has 2 aromatic heterocycles. The lowest BCUT2D eigenvalue weighted by Crippen LogP contribution is -2.56. The molecule has 4 aromatic rings. The van der Waals surface area contributed by atoms with Gasteiger partial charge in [-0.3, -0.25) is 4.79 Å². The van der Waals surface area contributed by atoms with Gasteiger partial charge in [0, 0.05) is 20.4 Å². The molecule has 0 radical (unpaired) electrons. The number of carbonyl (C=O) groups excluding carboxylic acids is 1. The highest BCUT2D eigenvalue weighted by atomic mass is 127. The van der Waals surface area contributed by atoms with Gasteiger partial charge in [0.25, 0.3) is 0 Å². The van der Waals surface area contributed by atoms with Gasteiger partial charge in [0.2, 0.25) is 5.91 Å². The maximum absolute atomic E-state index is 15.6. The topological polar surface area (TPSA) is 74.8 Å². The van der Waals surface area contributed by atoms with Crippen LogP contribution in [0.15, 0.2) is 48.8 Å². The number of hydrogen-bond donors (Lipinski definition) is 1. The number of anilines is 1. The van der Waals surface area contributed by atoms with Crippen LogP contribution in [0.2, 0.25) is 0 Å². The van der Waals surface area contributed by atoms with Gasteiger partial charge in [-0.25, -0.2) is 9.37 Å². The highest BCUT2D eigenvalue weighted by Crippen LogP contribution is 2.55. The van der Waals surface area contributed by atoms with Crippen LogP contribution in [0.1, 0.15) is 30.1 Å². The summed E-state index contributed by atoms with van der Waals surface area (Å²) in [6.07, 6.45) is 3.68. The highest BCUT2D eigenvalue weighted by Gasteiger charge is 2.56. The maximum Gasteiger partial charge on any atom is 0.233 e. The zero-order valence-corrected chi connectivity index (χ0v) is 19.4. The molecule has 1 amide bonds. The summed E-state index contributed by atoms with van der Waals surface area (Å²) in [5.74, 6) is -0.0944. The number of nitrogens with one attached hydrogen (secondary N) is 1. The van der Waals surface area contributed by atoms with E-state index < -0.39 is 0 Å². The van der Waals surface area contributed by atoms with Crippen LogP contribution in [0.3, 0.4) is 0 Å². The van der Waals surface area contributed by atoms with Crippen molar-refractivity contribution >= 4 is 45.2 Å². The molecule has 1 saturated carbocycles. The average molecular weight is 539 g/mol. The van der Waals surface area contributed by atoms with Crippen molar-refractivity contribution in [1.82, 2.24) is 20.2 Å². The molecule has 1 aliphatic carbocycles.